The molecule has 5 heteroatoms. The maximum absolute atomic E-state index is 12.0. The second kappa shape index (κ2) is 7.87. The van der Waals surface area contributed by atoms with Gasteiger partial charge >= 0.3 is 0 Å². The van der Waals surface area contributed by atoms with Gasteiger partial charge < -0.3 is 10.6 Å². The minimum absolute atomic E-state index is 0. The molecule has 1 aromatic rings. The van der Waals surface area contributed by atoms with Gasteiger partial charge in [-0.15, -0.1) is 12.4 Å². The molecular formula is C15H22Cl2N2O. The summed E-state index contributed by atoms with van der Waals surface area (Å²) in [6.07, 6.45) is 0.932. The molecule has 112 valence electrons. The van der Waals surface area contributed by atoms with Crippen LogP contribution in [0, 0.1) is 5.92 Å². The van der Waals surface area contributed by atoms with Crippen molar-refractivity contribution in [3.8, 4) is 0 Å². The third-order valence-corrected chi connectivity index (χ3v) is 3.77. The summed E-state index contributed by atoms with van der Waals surface area (Å²) in [6, 6.07) is 8.13. The third-order valence-electron chi connectivity index (χ3n) is 3.54. The lowest BCUT2D eigenvalue weighted by Crippen LogP contribution is -2.39. The summed E-state index contributed by atoms with van der Waals surface area (Å²) in [5.41, 5.74) is 1.17. The van der Waals surface area contributed by atoms with Gasteiger partial charge in [0.15, 0.2) is 0 Å². The number of hydrogen-bond donors (Lipinski definition) is 2. The molecule has 2 unspecified atom stereocenters. The van der Waals surface area contributed by atoms with Crippen LogP contribution in [-0.4, -0.2) is 25.0 Å². The van der Waals surface area contributed by atoms with Crippen molar-refractivity contribution in [1.29, 1.82) is 0 Å². The van der Waals surface area contributed by atoms with Crippen molar-refractivity contribution in [2.24, 2.45) is 5.92 Å². The van der Waals surface area contributed by atoms with Crippen LogP contribution in [0.25, 0.3) is 0 Å². The highest BCUT2D eigenvalue weighted by Gasteiger charge is 2.43. The summed E-state index contributed by atoms with van der Waals surface area (Å²) < 4.78 is 0. The molecular weight excluding hydrogens is 295 g/mol. The van der Waals surface area contributed by atoms with Crippen molar-refractivity contribution in [2.75, 3.05) is 13.1 Å². The summed E-state index contributed by atoms with van der Waals surface area (Å²) in [7, 11) is 0. The molecule has 1 amide bonds. The number of nitrogens with one attached hydrogen (secondary N) is 2. The molecule has 0 aromatic heterocycles. The third kappa shape index (κ3) is 4.65. The summed E-state index contributed by atoms with van der Waals surface area (Å²) in [4.78, 5) is 12.0. The number of carbonyl (C=O) groups is 1. The number of likely N-dealkylation sites (N-methyl/N-ethyl adjacent to an activating group) is 1. The van der Waals surface area contributed by atoms with Crippen LogP contribution in [-0.2, 0) is 4.79 Å². The Labute approximate surface area is 131 Å². The minimum Gasteiger partial charge on any atom is -0.354 e. The molecule has 20 heavy (non-hydrogen) atoms. The van der Waals surface area contributed by atoms with Gasteiger partial charge in [0.2, 0.25) is 5.91 Å². The highest BCUT2D eigenvalue weighted by atomic mass is 35.5. The van der Waals surface area contributed by atoms with Gasteiger partial charge in [-0.3, -0.25) is 4.79 Å². The number of halogens is 2. The Balaban J connectivity index is 0.00000200. The minimum atomic E-state index is 0. The summed E-state index contributed by atoms with van der Waals surface area (Å²) in [5, 5.41) is 7.03. The average Bonchev–Trinajstić information content (AvgIpc) is 3.16. The fourth-order valence-electron chi connectivity index (χ4n) is 2.40. The highest BCUT2D eigenvalue weighted by molar-refractivity contribution is 6.30. The lowest BCUT2D eigenvalue weighted by atomic mass is 10.1. The van der Waals surface area contributed by atoms with Crippen molar-refractivity contribution in [1.82, 2.24) is 10.6 Å². The molecule has 1 fully saturated rings. The second-order valence-electron chi connectivity index (χ2n) is 5.21. The van der Waals surface area contributed by atoms with Crippen LogP contribution in [0.2, 0.25) is 5.02 Å². The van der Waals surface area contributed by atoms with Gasteiger partial charge in [0.1, 0.15) is 0 Å². The molecule has 0 saturated heterocycles. The van der Waals surface area contributed by atoms with Crippen LogP contribution < -0.4 is 10.6 Å². The fraction of sp³-hybridized carbons (Fsp3) is 0.533. The van der Waals surface area contributed by atoms with Crippen molar-refractivity contribution in [3.05, 3.63) is 34.9 Å². The van der Waals surface area contributed by atoms with Gasteiger partial charge in [-0.05, 0) is 43.5 Å². The van der Waals surface area contributed by atoms with E-state index in [1.807, 2.05) is 24.3 Å². The largest absolute Gasteiger partial charge is 0.354 e. The smallest absolute Gasteiger partial charge is 0.223 e. The molecule has 3 nitrogen and oxygen atoms in total. The van der Waals surface area contributed by atoms with E-state index in [0.717, 1.165) is 18.0 Å². The highest BCUT2D eigenvalue weighted by Crippen LogP contribution is 2.47. The first-order valence-electron chi connectivity index (χ1n) is 6.88. The van der Waals surface area contributed by atoms with E-state index in [0.29, 0.717) is 18.5 Å². The number of benzene rings is 1. The number of hydrogen-bond acceptors (Lipinski definition) is 2. The number of amides is 1. The van der Waals surface area contributed by atoms with E-state index < -0.39 is 0 Å². The molecule has 1 aliphatic carbocycles. The summed E-state index contributed by atoms with van der Waals surface area (Å²) >= 11 is 5.97. The van der Waals surface area contributed by atoms with Gasteiger partial charge in [0.25, 0.3) is 0 Å². The molecule has 2 N–H and O–H groups in total. The van der Waals surface area contributed by atoms with Gasteiger partial charge in [-0.1, -0.05) is 30.7 Å². The fourth-order valence-corrected chi connectivity index (χ4v) is 2.59. The quantitative estimate of drug-likeness (QED) is 0.847. The Morgan fingerprint density at radius 1 is 1.50 bits per heavy atom. The van der Waals surface area contributed by atoms with Crippen molar-refractivity contribution < 1.29 is 4.79 Å². The van der Waals surface area contributed by atoms with E-state index in [4.69, 9.17) is 11.6 Å². The Morgan fingerprint density at radius 3 is 2.90 bits per heavy atom. The zero-order chi connectivity index (χ0) is 13.8. The Hall–Kier alpha value is -0.770. The van der Waals surface area contributed by atoms with E-state index in [2.05, 4.69) is 24.5 Å². The van der Waals surface area contributed by atoms with Crippen LogP contribution >= 0.6 is 24.0 Å². The molecule has 1 aromatic carbocycles. The Morgan fingerprint density at radius 2 is 2.25 bits per heavy atom. The van der Waals surface area contributed by atoms with E-state index in [1.165, 1.54) is 5.56 Å². The molecule has 0 aliphatic heterocycles. The first-order chi connectivity index (χ1) is 9.11. The van der Waals surface area contributed by atoms with Gasteiger partial charge in [-0.2, -0.15) is 0 Å². The summed E-state index contributed by atoms with van der Waals surface area (Å²) in [6.45, 7) is 5.75. The maximum atomic E-state index is 12.0. The van der Waals surface area contributed by atoms with Crippen molar-refractivity contribution in [2.45, 2.75) is 32.2 Å². The molecule has 0 heterocycles. The number of rotatable bonds is 6. The summed E-state index contributed by atoms with van der Waals surface area (Å²) in [5.74, 6) is 0.621. The molecule has 0 spiro atoms. The predicted octanol–water partition coefficient (Wildman–Crippen LogP) is 2.98. The zero-order valence-corrected chi connectivity index (χ0v) is 13.4. The van der Waals surface area contributed by atoms with Crippen molar-refractivity contribution >= 4 is 29.9 Å². The van der Waals surface area contributed by atoms with Gasteiger partial charge in [-0.25, -0.2) is 0 Å². The standard InChI is InChI=1S/C15H21ClN2O.ClH/c1-3-17-10(2)9-18-15(19)14-8-13(14)11-5-4-6-12(16)7-11;/h4-7,10,13-14,17H,3,8-9H2,1-2H3,(H,18,19);1H/t10-,13?,14?;/m1./s1. The molecule has 0 radical (unpaired) electrons. The maximum Gasteiger partial charge on any atom is 0.223 e. The monoisotopic (exact) mass is 316 g/mol. The first-order valence-corrected chi connectivity index (χ1v) is 7.26. The Kier molecular flexibility index (Phi) is 6.80. The topological polar surface area (TPSA) is 41.1 Å². The van der Waals surface area contributed by atoms with E-state index in [1.54, 1.807) is 0 Å². The van der Waals surface area contributed by atoms with Crippen LogP contribution in [0.15, 0.2) is 24.3 Å². The van der Waals surface area contributed by atoms with Gasteiger partial charge in [0, 0.05) is 23.5 Å². The normalized spacial score (nSPS) is 21.8. The molecule has 3 atom stereocenters. The van der Waals surface area contributed by atoms with E-state index in [9.17, 15) is 4.79 Å². The molecule has 2 rings (SSSR count). The average molecular weight is 317 g/mol. The van der Waals surface area contributed by atoms with E-state index in [-0.39, 0.29) is 24.2 Å². The van der Waals surface area contributed by atoms with Crippen molar-refractivity contribution in [3.63, 3.8) is 0 Å². The SMILES string of the molecule is CCN[C@H](C)CNC(=O)C1CC1c1cccc(Cl)c1.Cl. The first kappa shape index (κ1) is 17.3. The number of carbonyl (C=O) groups excluding carboxylic acids is 1. The van der Waals surface area contributed by atoms with Crippen LogP contribution in [0.3, 0.4) is 0 Å². The Bertz CT molecular complexity index is 453. The molecule has 1 saturated carbocycles. The molecule has 0 bridgehead atoms. The predicted molar refractivity (Wildman–Crippen MR) is 85.7 cm³/mol. The van der Waals surface area contributed by atoms with Gasteiger partial charge in [0.05, 0.1) is 0 Å². The zero-order valence-electron chi connectivity index (χ0n) is 11.9. The lowest BCUT2D eigenvalue weighted by molar-refractivity contribution is -0.122. The van der Waals surface area contributed by atoms with Crippen LogP contribution in [0.1, 0.15) is 31.7 Å². The second-order valence-corrected chi connectivity index (χ2v) is 5.64. The molecule has 1 aliphatic rings. The van der Waals surface area contributed by atoms with E-state index >= 15 is 0 Å². The lowest BCUT2D eigenvalue weighted by Gasteiger charge is -2.13. The van der Waals surface area contributed by atoms with Crippen LogP contribution in [0.4, 0.5) is 0 Å². The van der Waals surface area contributed by atoms with Crippen LogP contribution in [0.5, 0.6) is 0 Å².